The van der Waals surface area contributed by atoms with Crippen LogP contribution >= 0.6 is 27.5 Å². The maximum atomic E-state index is 6.18. The van der Waals surface area contributed by atoms with Gasteiger partial charge in [-0.3, -0.25) is 4.90 Å². The molecule has 0 aliphatic carbocycles. The van der Waals surface area contributed by atoms with Gasteiger partial charge in [-0.05, 0) is 30.2 Å². The van der Waals surface area contributed by atoms with Crippen molar-refractivity contribution in [1.82, 2.24) is 10.2 Å². The van der Waals surface area contributed by atoms with Gasteiger partial charge in [0.2, 0.25) is 0 Å². The van der Waals surface area contributed by atoms with E-state index in [1.54, 1.807) is 0 Å². The molecule has 0 saturated carbocycles. The van der Waals surface area contributed by atoms with Gasteiger partial charge in [-0.2, -0.15) is 0 Å². The molecule has 1 aliphatic heterocycles. The summed E-state index contributed by atoms with van der Waals surface area (Å²) in [7, 11) is 0. The van der Waals surface area contributed by atoms with Crippen LogP contribution in [0.2, 0.25) is 5.02 Å². The molecule has 2 nitrogen and oxygen atoms in total. The first kappa shape index (κ1) is 15.3. The summed E-state index contributed by atoms with van der Waals surface area (Å²) in [6.07, 6.45) is 3.70. The average Bonchev–Trinajstić information content (AvgIpc) is 2.44. The van der Waals surface area contributed by atoms with E-state index in [4.69, 9.17) is 11.6 Å². The van der Waals surface area contributed by atoms with Crippen molar-refractivity contribution in [2.75, 3.05) is 26.2 Å². The van der Waals surface area contributed by atoms with Crippen LogP contribution in [0.5, 0.6) is 0 Å². The third-order valence-corrected chi connectivity index (χ3v) is 4.70. The highest BCUT2D eigenvalue weighted by Gasteiger charge is 2.23. The number of piperazine rings is 1. The summed E-state index contributed by atoms with van der Waals surface area (Å²) in [4.78, 5) is 2.59. The highest BCUT2D eigenvalue weighted by Crippen LogP contribution is 2.33. The Balaban J connectivity index is 2.22. The Kier molecular flexibility index (Phi) is 6.14. The molecule has 1 fully saturated rings. The maximum absolute atomic E-state index is 6.18. The molecule has 0 radical (unpaired) electrons. The van der Waals surface area contributed by atoms with Crippen LogP contribution in [-0.2, 0) is 0 Å². The molecular formula is C15H22BrClN2. The molecule has 106 valence electrons. The molecule has 1 saturated heterocycles. The smallest absolute Gasteiger partial charge is 0.0410 e. The molecule has 1 aromatic carbocycles. The van der Waals surface area contributed by atoms with E-state index in [0.717, 1.165) is 31.2 Å². The minimum absolute atomic E-state index is 0.482. The van der Waals surface area contributed by atoms with Gasteiger partial charge in [0.25, 0.3) is 0 Å². The monoisotopic (exact) mass is 344 g/mol. The Hall–Kier alpha value is -0.0900. The van der Waals surface area contributed by atoms with E-state index in [2.05, 4.69) is 45.2 Å². The largest absolute Gasteiger partial charge is 0.314 e. The van der Waals surface area contributed by atoms with Crippen molar-refractivity contribution in [1.29, 1.82) is 0 Å². The second-order valence-corrected chi connectivity index (χ2v) is 6.40. The van der Waals surface area contributed by atoms with E-state index in [9.17, 15) is 0 Å². The van der Waals surface area contributed by atoms with Gasteiger partial charge in [0, 0.05) is 41.7 Å². The van der Waals surface area contributed by atoms with Crippen LogP contribution in [-0.4, -0.2) is 31.1 Å². The first-order chi connectivity index (χ1) is 9.22. The number of nitrogens with one attached hydrogen (secondary N) is 1. The zero-order chi connectivity index (χ0) is 13.7. The molecule has 1 aromatic rings. The Labute approximate surface area is 129 Å². The summed E-state index contributed by atoms with van der Waals surface area (Å²) in [5.41, 5.74) is 1.34. The number of hydrogen-bond acceptors (Lipinski definition) is 2. The summed E-state index contributed by atoms with van der Waals surface area (Å²) in [5, 5.41) is 4.25. The van der Waals surface area contributed by atoms with E-state index in [1.165, 1.54) is 29.3 Å². The van der Waals surface area contributed by atoms with E-state index in [1.807, 2.05) is 6.07 Å². The van der Waals surface area contributed by atoms with Crippen molar-refractivity contribution in [3.8, 4) is 0 Å². The highest BCUT2D eigenvalue weighted by molar-refractivity contribution is 9.10. The van der Waals surface area contributed by atoms with Gasteiger partial charge in [0.05, 0.1) is 0 Å². The first-order valence-corrected chi connectivity index (χ1v) is 8.29. The predicted molar refractivity (Wildman–Crippen MR) is 85.9 cm³/mol. The van der Waals surface area contributed by atoms with Crippen LogP contribution in [0.1, 0.15) is 37.8 Å². The summed E-state index contributed by atoms with van der Waals surface area (Å²) in [6.45, 7) is 6.66. The van der Waals surface area contributed by atoms with Crippen LogP contribution in [0.25, 0.3) is 0 Å². The second kappa shape index (κ2) is 7.63. The van der Waals surface area contributed by atoms with Gasteiger partial charge in [-0.25, -0.2) is 0 Å². The number of halogens is 2. The van der Waals surface area contributed by atoms with Crippen molar-refractivity contribution >= 4 is 27.5 Å². The quantitative estimate of drug-likeness (QED) is 0.858. The number of rotatable bonds is 5. The van der Waals surface area contributed by atoms with E-state index < -0.39 is 0 Å². The zero-order valence-corrected chi connectivity index (χ0v) is 13.8. The number of nitrogens with zero attached hydrogens (tertiary/aromatic N) is 1. The molecule has 4 heteroatoms. The van der Waals surface area contributed by atoms with Gasteiger partial charge in [-0.15, -0.1) is 0 Å². The highest BCUT2D eigenvalue weighted by atomic mass is 79.9. The molecule has 1 atom stereocenters. The molecule has 1 heterocycles. The van der Waals surface area contributed by atoms with Crippen molar-refractivity contribution in [3.63, 3.8) is 0 Å². The molecular weight excluding hydrogens is 324 g/mol. The molecule has 0 spiro atoms. The molecule has 0 bridgehead atoms. The predicted octanol–water partition coefficient (Wildman–Crippen LogP) is 4.24. The number of hydrogen-bond donors (Lipinski definition) is 1. The van der Waals surface area contributed by atoms with Crippen LogP contribution in [0, 0.1) is 0 Å². The lowest BCUT2D eigenvalue weighted by Gasteiger charge is -2.36. The molecule has 0 aromatic heterocycles. The number of unbranched alkanes of at least 4 members (excludes halogenated alkanes) is 1. The maximum Gasteiger partial charge on any atom is 0.0410 e. The lowest BCUT2D eigenvalue weighted by atomic mass is 9.99. The van der Waals surface area contributed by atoms with Crippen LogP contribution < -0.4 is 5.32 Å². The van der Waals surface area contributed by atoms with Gasteiger partial charge >= 0.3 is 0 Å². The lowest BCUT2D eigenvalue weighted by molar-refractivity contribution is 0.162. The molecule has 0 unspecified atom stereocenters. The van der Waals surface area contributed by atoms with Crippen LogP contribution in [0.15, 0.2) is 22.7 Å². The Morgan fingerprint density at radius 3 is 2.79 bits per heavy atom. The van der Waals surface area contributed by atoms with Crippen molar-refractivity contribution in [2.24, 2.45) is 0 Å². The normalized spacial score (nSPS) is 18.5. The first-order valence-electron chi connectivity index (χ1n) is 7.12. The molecule has 1 N–H and O–H groups in total. The minimum atomic E-state index is 0.482. The minimum Gasteiger partial charge on any atom is -0.314 e. The molecule has 19 heavy (non-hydrogen) atoms. The van der Waals surface area contributed by atoms with E-state index in [-0.39, 0.29) is 0 Å². The standard InChI is InChI=1S/C15H22BrClN2/c1-2-3-4-15(19-9-7-18-8-10-19)13-11-12(17)5-6-14(13)16/h5-6,11,15,18H,2-4,7-10H2,1H3/t15-/m0/s1. The zero-order valence-electron chi connectivity index (χ0n) is 11.5. The average molecular weight is 346 g/mol. The third-order valence-electron chi connectivity index (χ3n) is 3.74. The van der Waals surface area contributed by atoms with Gasteiger partial charge in [0.15, 0.2) is 0 Å². The van der Waals surface area contributed by atoms with Gasteiger partial charge in [-0.1, -0.05) is 47.3 Å². The fourth-order valence-corrected chi connectivity index (χ4v) is 3.39. The summed E-state index contributed by atoms with van der Waals surface area (Å²) >= 11 is 9.87. The van der Waals surface area contributed by atoms with Crippen molar-refractivity contribution in [3.05, 3.63) is 33.3 Å². The summed E-state index contributed by atoms with van der Waals surface area (Å²) < 4.78 is 1.18. The van der Waals surface area contributed by atoms with Crippen molar-refractivity contribution < 1.29 is 0 Å². The van der Waals surface area contributed by atoms with Crippen LogP contribution in [0.3, 0.4) is 0 Å². The molecule has 0 amide bonds. The lowest BCUT2D eigenvalue weighted by Crippen LogP contribution is -2.45. The topological polar surface area (TPSA) is 15.3 Å². The molecule has 2 rings (SSSR count). The third kappa shape index (κ3) is 4.19. The summed E-state index contributed by atoms with van der Waals surface area (Å²) in [6, 6.07) is 6.62. The summed E-state index contributed by atoms with van der Waals surface area (Å²) in [5.74, 6) is 0. The SMILES string of the molecule is CCCC[C@@H](c1cc(Cl)ccc1Br)N1CCNCC1. The van der Waals surface area contributed by atoms with E-state index >= 15 is 0 Å². The van der Waals surface area contributed by atoms with Crippen molar-refractivity contribution in [2.45, 2.75) is 32.2 Å². The Morgan fingerprint density at radius 2 is 2.11 bits per heavy atom. The molecule has 1 aliphatic rings. The Morgan fingerprint density at radius 1 is 1.37 bits per heavy atom. The number of benzene rings is 1. The Bertz CT molecular complexity index is 405. The fraction of sp³-hybridized carbons (Fsp3) is 0.600. The fourth-order valence-electron chi connectivity index (χ4n) is 2.70. The van der Waals surface area contributed by atoms with Gasteiger partial charge in [0.1, 0.15) is 0 Å². The van der Waals surface area contributed by atoms with E-state index in [0.29, 0.717) is 6.04 Å². The van der Waals surface area contributed by atoms with Gasteiger partial charge < -0.3 is 5.32 Å². The van der Waals surface area contributed by atoms with Crippen LogP contribution in [0.4, 0.5) is 0 Å². The second-order valence-electron chi connectivity index (χ2n) is 5.11.